The average Bonchev–Trinajstić information content (AvgIpc) is 3.05. The Kier molecular flexibility index (Phi) is 2.35. The number of nitrogens with zero attached hydrogens (tertiary/aromatic N) is 3. The van der Waals surface area contributed by atoms with Crippen molar-refractivity contribution in [2.75, 3.05) is 18.0 Å². The fourth-order valence-electron chi connectivity index (χ4n) is 3.60. The molecule has 2 fully saturated rings. The van der Waals surface area contributed by atoms with Crippen molar-refractivity contribution in [3.8, 4) is 0 Å². The van der Waals surface area contributed by atoms with Gasteiger partial charge in [-0.3, -0.25) is 4.40 Å². The average molecular weight is 277 g/mol. The summed E-state index contributed by atoms with van der Waals surface area (Å²) in [5.41, 5.74) is 0.316. The Bertz CT molecular complexity index is 635. The molecule has 2 aliphatic rings. The van der Waals surface area contributed by atoms with Crippen LogP contribution < -0.4 is 4.90 Å². The summed E-state index contributed by atoms with van der Waals surface area (Å²) < 4.78 is 1.69. The number of aromatic carboxylic acids is 1. The molecule has 1 aliphatic heterocycles. The van der Waals surface area contributed by atoms with Crippen LogP contribution in [0.3, 0.4) is 0 Å². The predicted octanol–water partition coefficient (Wildman–Crippen LogP) is 2.33. The van der Waals surface area contributed by atoms with Gasteiger partial charge in [-0.15, -0.1) is 11.3 Å². The maximum Gasteiger partial charge on any atom is 0.356 e. The summed E-state index contributed by atoms with van der Waals surface area (Å²) in [4.78, 5) is 19.0. The van der Waals surface area contributed by atoms with Gasteiger partial charge in [0.05, 0.1) is 0 Å². The molecule has 0 radical (unpaired) electrons. The lowest BCUT2D eigenvalue weighted by molar-refractivity contribution is 0.0690. The highest BCUT2D eigenvalue weighted by molar-refractivity contribution is 7.15. The summed E-state index contributed by atoms with van der Waals surface area (Å²) in [7, 11) is 0. The Hall–Kier alpha value is -1.56. The van der Waals surface area contributed by atoms with Crippen LogP contribution in [0, 0.1) is 11.8 Å². The topological polar surface area (TPSA) is 57.8 Å². The lowest BCUT2D eigenvalue weighted by atomic mass is 10.0. The third-order valence-electron chi connectivity index (χ3n) is 4.47. The highest BCUT2D eigenvalue weighted by Gasteiger charge is 2.38. The van der Waals surface area contributed by atoms with Gasteiger partial charge in [0.25, 0.3) is 0 Å². The largest absolute Gasteiger partial charge is 0.476 e. The van der Waals surface area contributed by atoms with E-state index in [1.807, 2.05) is 5.38 Å². The van der Waals surface area contributed by atoms with Crippen LogP contribution in [0.2, 0.25) is 0 Å². The van der Waals surface area contributed by atoms with Gasteiger partial charge in [0.1, 0.15) is 0 Å². The molecule has 1 aliphatic carbocycles. The van der Waals surface area contributed by atoms with Crippen LogP contribution in [-0.2, 0) is 0 Å². The predicted molar refractivity (Wildman–Crippen MR) is 73.1 cm³/mol. The molecular formula is C13H15N3O2S. The van der Waals surface area contributed by atoms with Gasteiger partial charge in [0, 0.05) is 24.7 Å². The van der Waals surface area contributed by atoms with E-state index in [-0.39, 0.29) is 0 Å². The fourth-order valence-corrected chi connectivity index (χ4v) is 4.31. The van der Waals surface area contributed by atoms with Crippen LogP contribution in [0.5, 0.6) is 0 Å². The molecule has 100 valence electrons. The first-order valence-corrected chi connectivity index (χ1v) is 7.56. The Morgan fingerprint density at radius 1 is 1.37 bits per heavy atom. The minimum absolute atomic E-state index is 0.316. The number of carboxylic acids is 1. The van der Waals surface area contributed by atoms with Crippen molar-refractivity contribution in [1.82, 2.24) is 9.38 Å². The summed E-state index contributed by atoms with van der Waals surface area (Å²) in [6.07, 6.45) is 5.68. The summed E-state index contributed by atoms with van der Waals surface area (Å²) in [5, 5.41) is 11.3. The molecule has 0 spiro atoms. The number of rotatable bonds is 2. The van der Waals surface area contributed by atoms with E-state index < -0.39 is 5.97 Å². The Balaban J connectivity index is 1.76. The van der Waals surface area contributed by atoms with Crippen molar-refractivity contribution in [1.29, 1.82) is 0 Å². The maximum atomic E-state index is 11.5. The number of carbonyl (C=O) groups is 1. The number of aromatic nitrogens is 2. The summed E-state index contributed by atoms with van der Waals surface area (Å²) in [6, 6.07) is 0. The van der Waals surface area contributed by atoms with Crippen molar-refractivity contribution >= 4 is 28.1 Å². The lowest BCUT2D eigenvalue weighted by Gasteiger charge is -2.17. The van der Waals surface area contributed by atoms with Gasteiger partial charge < -0.3 is 10.0 Å². The standard InChI is InChI=1S/C13H15N3O2S/c17-12(18)10-11(14-13-16(10)4-5-19-13)15-6-8-2-1-3-9(8)7-15/h4-5,8-9H,1-3,6-7H2,(H,17,18). The summed E-state index contributed by atoms with van der Waals surface area (Å²) >= 11 is 1.48. The normalized spacial score (nSPS) is 26.2. The summed E-state index contributed by atoms with van der Waals surface area (Å²) in [5.74, 6) is 1.24. The zero-order valence-corrected chi connectivity index (χ0v) is 11.3. The van der Waals surface area contributed by atoms with Crippen molar-refractivity contribution in [3.63, 3.8) is 0 Å². The van der Waals surface area contributed by atoms with Crippen LogP contribution in [0.4, 0.5) is 5.82 Å². The second-order valence-corrected chi connectivity index (χ2v) is 6.37. The van der Waals surface area contributed by atoms with Gasteiger partial charge in [-0.2, -0.15) is 0 Å². The Labute approximate surface area is 114 Å². The number of carboxylic acid groups (broad SMARTS) is 1. The van der Waals surface area contributed by atoms with Crippen LogP contribution >= 0.6 is 11.3 Å². The molecule has 2 aromatic heterocycles. The smallest absolute Gasteiger partial charge is 0.356 e. The SMILES string of the molecule is O=C(O)c1c(N2CC3CCCC3C2)nc2sccn12. The molecule has 19 heavy (non-hydrogen) atoms. The maximum absolute atomic E-state index is 11.5. The number of hydrogen-bond acceptors (Lipinski definition) is 4. The number of imidazole rings is 1. The first-order chi connectivity index (χ1) is 9.24. The van der Waals surface area contributed by atoms with Crippen LogP contribution in [-0.4, -0.2) is 33.6 Å². The molecule has 2 unspecified atom stereocenters. The Morgan fingerprint density at radius 2 is 2.11 bits per heavy atom. The Morgan fingerprint density at radius 3 is 2.79 bits per heavy atom. The van der Waals surface area contributed by atoms with E-state index in [0.29, 0.717) is 11.5 Å². The van der Waals surface area contributed by atoms with Gasteiger partial charge in [0.15, 0.2) is 16.5 Å². The van der Waals surface area contributed by atoms with Crippen LogP contribution in [0.15, 0.2) is 11.6 Å². The van der Waals surface area contributed by atoms with Crippen molar-refractivity contribution in [3.05, 3.63) is 17.3 Å². The van der Waals surface area contributed by atoms with Gasteiger partial charge in [0.2, 0.25) is 0 Å². The minimum Gasteiger partial charge on any atom is -0.476 e. The van der Waals surface area contributed by atoms with E-state index in [9.17, 15) is 9.90 Å². The van der Waals surface area contributed by atoms with E-state index >= 15 is 0 Å². The van der Waals surface area contributed by atoms with Crippen molar-refractivity contribution in [2.45, 2.75) is 19.3 Å². The van der Waals surface area contributed by atoms with Gasteiger partial charge >= 0.3 is 5.97 Å². The number of anilines is 1. The highest BCUT2D eigenvalue weighted by Crippen LogP contribution is 2.40. The molecule has 1 saturated carbocycles. The van der Waals surface area contributed by atoms with Crippen LogP contribution in [0.1, 0.15) is 29.8 Å². The molecule has 6 heteroatoms. The van der Waals surface area contributed by atoms with Crippen molar-refractivity contribution in [2.24, 2.45) is 11.8 Å². The van der Waals surface area contributed by atoms with E-state index in [2.05, 4.69) is 9.88 Å². The van der Waals surface area contributed by atoms with Crippen molar-refractivity contribution < 1.29 is 9.90 Å². The van der Waals surface area contributed by atoms with E-state index in [1.165, 1.54) is 30.6 Å². The fraction of sp³-hybridized carbons (Fsp3) is 0.538. The number of fused-ring (bicyclic) bond motifs is 2. The third-order valence-corrected chi connectivity index (χ3v) is 5.23. The number of hydrogen-bond donors (Lipinski definition) is 1. The van der Waals surface area contributed by atoms with Gasteiger partial charge in [-0.1, -0.05) is 6.42 Å². The highest BCUT2D eigenvalue weighted by atomic mass is 32.1. The van der Waals surface area contributed by atoms with Gasteiger partial charge in [-0.25, -0.2) is 9.78 Å². The molecule has 2 atom stereocenters. The molecule has 5 nitrogen and oxygen atoms in total. The first kappa shape index (κ1) is 11.3. The van der Waals surface area contributed by atoms with Crippen LogP contribution in [0.25, 0.3) is 4.96 Å². The molecule has 0 bridgehead atoms. The van der Waals surface area contributed by atoms with E-state index in [1.54, 1.807) is 10.6 Å². The molecule has 2 aromatic rings. The molecule has 3 heterocycles. The molecule has 4 rings (SSSR count). The third kappa shape index (κ3) is 1.59. The second kappa shape index (κ2) is 3.96. The zero-order chi connectivity index (χ0) is 13.0. The second-order valence-electron chi connectivity index (χ2n) is 5.50. The molecule has 1 saturated heterocycles. The van der Waals surface area contributed by atoms with Gasteiger partial charge in [-0.05, 0) is 24.7 Å². The quantitative estimate of drug-likeness (QED) is 0.915. The summed E-state index contributed by atoms with van der Waals surface area (Å²) in [6.45, 7) is 1.94. The number of thiazole rings is 1. The first-order valence-electron chi connectivity index (χ1n) is 6.68. The zero-order valence-electron chi connectivity index (χ0n) is 10.5. The minimum atomic E-state index is -0.891. The lowest BCUT2D eigenvalue weighted by Crippen LogP contribution is -2.23. The molecule has 1 N–H and O–H groups in total. The van der Waals surface area contributed by atoms with E-state index in [0.717, 1.165) is 29.9 Å². The van der Waals surface area contributed by atoms with E-state index in [4.69, 9.17) is 0 Å². The molecule has 0 amide bonds. The molecule has 0 aromatic carbocycles. The monoisotopic (exact) mass is 277 g/mol. The molecular weight excluding hydrogens is 262 g/mol.